The van der Waals surface area contributed by atoms with Gasteiger partial charge in [0.05, 0.1) is 5.69 Å². The van der Waals surface area contributed by atoms with Crippen molar-refractivity contribution in [3.8, 4) is 17.1 Å². The smallest absolute Gasteiger partial charge is 0.181 e. The van der Waals surface area contributed by atoms with Crippen LogP contribution >= 0.6 is 0 Å². The molecule has 2 atom stereocenters. The van der Waals surface area contributed by atoms with E-state index in [-0.39, 0.29) is 5.41 Å². The number of aromatic amines is 1. The number of aromatic nitrogens is 4. The minimum atomic E-state index is -0.141. The van der Waals surface area contributed by atoms with Gasteiger partial charge in [0.15, 0.2) is 5.82 Å². The third kappa shape index (κ3) is 4.84. The van der Waals surface area contributed by atoms with Crippen molar-refractivity contribution in [2.75, 3.05) is 13.1 Å². The predicted octanol–water partition coefficient (Wildman–Crippen LogP) is 5.48. The number of benzene rings is 2. The van der Waals surface area contributed by atoms with E-state index in [1.807, 2.05) is 18.2 Å². The van der Waals surface area contributed by atoms with Crippen LogP contribution in [0.5, 0.6) is 5.75 Å². The fraction of sp³-hybridized carbons (Fsp3) is 0.345. The highest BCUT2D eigenvalue weighted by molar-refractivity contribution is 5.56. The number of H-pyrrole nitrogens is 1. The summed E-state index contributed by atoms with van der Waals surface area (Å²) in [5.41, 5.74) is 4.35. The summed E-state index contributed by atoms with van der Waals surface area (Å²) in [6, 6.07) is 23.0. The van der Waals surface area contributed by atoms with E-state index in [1.165, 1.54) is 11.1 Å². The predicted molar refractivity (Wildman–Crippen MR) is 138 cm³/mol. The third-order valence-electron chi connectivity index (χ3n) is 7.41. The Labute approximate surface area is 207 Å². The minimum absolute atomic E-state index is 0.141. The van der Waals surface area contributed by atoms with E-state index >= 15 is 0 Å². The van der Waals surface area contributed by atoms with Gasteiger partial charge < -0.3 is 10.1 Å². The average Bonchev–Trinajstić information content (AvgIpc) is 3.60. The summed E-state index contributed by atoms with van der Waals surface area (Å²) in [5.74, 6) is 3.42. The van der Waals surface area contributed by atoms with Gasteiger partial charge in [0, 0.05) is 29.6 Å². The van der Waals surface area contributed by atoms with Gasteiger partial charge in [-0.05, 0) is 54.3 Å². The molecule has 2 aromatic heterocycles. The number of ether oxygens (including phenoxy) is 1. The van der Waals surface area contributed by atoms with Crippen molar-refractivity contribution in [3.63, 3.8) is 0 Å². The van der Waals surface area contributed by atoms with E-state index in [9.17, 15) is 0 Å². The van der Waals surface area contributed by atoms with Gasteiger partial charge in [-0.25, -0.2) is 4.98 Å². The number of pyridine rings is 1. The van der Waals surface area contributed by atoms with E-state index in [4.69, 9.17) is 9.72 Å². The summed E-state index contributed by atoms with van der Waals surface area (Å²) in [6.45, 7) is 9.33. The number of hydrogen-bond donors (Lipinski definition) is 2. The molecule has 3 heterocycles. The topological polar surface area (TPSA) is 75.7 Å². The van der Waals surface area contributed by atoms with Gasteiger partial charge in [0.1, 0.15) is 18.2 Å². The number of nitrogens with one attached hydrogen (secondary N) is 2. The summed E-state index contributed by atoms with van der Waals surface area (Å²) in [7, 11) is 0. The van der Waals surface area contributed by atoms with Crippen LogP contribution in [0.3, 0.4) is 0 Å². The van der Waals surface area contributed by atoms with Crippen LogP contribution in [0.25, 0.3) is 11.4 Å². The standard InChI is InChI=1S/C29H33N5O/c1-20(2)29(3,24-11-13-26(14-12-24)35-19-25-6-4-5-16-31-25)23-9-7-21(8-10-23)27-32-28(34-33-27)22-15-17-30-18-22/h4-14,16,20,22,30H,15,17-19H2,1-3H3,(H,32,33,34). The molecule has 2 N–H and O–H groups in total. The maximum Gasteiger partial charge on any atom is 0.181 e. The van der Waals surface area contributed by atoms with Gasteiger partial charge in [-0.3, -0.25) is 10.1 Å². The quantitative estimate of drug-likeness (QED) is 0.359. The van der Waals surface area contributed by atoms with Crippen LogP contribution < -0.4 is 10.1 Å². The summed E-state index contributed by atoms with van der Waals surface area (Å²) >= 11 is 0. The van der Waals surface area contributed by atoms with Crippen LogP contribution in [0, 0.1) is 5.92 Å². The van der Waals surface area contributed by atoms with Crippen molar-refractivity contribution in [2.45, 2.75) is 45.1 Å². The maximum absolute atomic E-state index is 5.95. The molecular formula is C29H33N5O. The molecule has 6 heteroatoms. The largest absolute Gasteiger partial charge is 0.487 e. The first-order valence-corrected chi connectivity index (χ1v) is 12.4. The van der Waals surface area contributed by atoms with Crippen molar-refractivity contribution in [2.24, 2.45) is 5.92 Å². The lowest BCUT2D eigenvalue weighted by molar-refractivity contribution is 0.301. The SMILES string of the molecule is CC(C)C(C)(c1ccc(OCc2ccccn2)cc1)c1ccc(-c2n[nH]c(C3CCNC3)n2)cc1. The molecule has 1 saturated heterocycles. The van der Waals surface area contributed by atoms with Gasteiger partial charge in [-0.15, -0.1) is 0 Å². The molecule has 0 spiro atoms. The van der Waals surface area contributed by atoms with Gasteiger partial charge in [-0.2, -0.15) is 5.10 Å². The molecule has 1 aliphatic heterocycles. The van der Waals surface area contributed by atoms with Crippen molar-refractivity contribution in [1.29, 1.82) is 0 Å². The molecule has 6 nitrogen and oxygen atoms in total. The van der Waals surface area contributed by atoms with Crippen LogP contribution in [0.15, 0.2) is 72.9 Å². The Bertz CT molecular complexity index is 1230. The van der Waals surface area contributed by atoms with Crippen LogP contribution in [0.4, 0.5) is 0 Å². The molecule has 2 unspecified atom stereocenters. The van der Waals surface area contributed by atoms with E-state index in [0.29, 0.717) is 18.4 Å². The van der Waals surface area contributed by atoms with Crippen molar-refractivity contribution in [1.82, 2.24) is 25.5 Å². The van der Waals surface area contributed by atoms with Crippen LogP contribution in [-0.2, 0) is 12.0 Å². The summed E-state index contributed by atoms with van der Waals surface area (Å²) in [5, 5.41) is 11.0. The zero-order valence-electron chi connectivity index (χ0n) is 20.7. The maximum atomic E-state index is 5.95. The second kappa shape index (κ2) is 10.0. The fourth-order valence-electron chi connectivity index (χ4n) is 4.81. The lowest BCUT2D eigenvalue weighted by Gasteiger charge is -2.35. The monoisotopic (exact) mass is 467 g/mol. The first-order chi connectivity index (χ1) is 17.0. The number of hydrogen-bond acceptors (Lipinski definition) is 5. The first kappa shape index (κ1) is 23.2. The molecule has 0 radical (unpaired) electrons. The zero-order chi connectivity index (χ0) is 24.3. The normalized spacial score (nSPS) is 17.4. The second-order valence-electron chi connectivity index (χ2n) is 9.80. The molecule has 35 heavy (non-hydrogen) atoms. The van der Waals surface area contributed by atoms with Gasteiger partial charge in [0.2, 0.25) is 0 Å². The van der Waals surface area contributed by atoms with E-state index in [2.05, 4.69) is 89.8 Å². The van der Waals surface area contributed by atoms with Gasteiger partial charge in [-0.1, -0.05) is 63.2 Å². The Morgan fingerprint density at radius 2 is 1.74 bits per heavy atom. The lowest BCUT2D eigenvalue weighted by Crippen LogP contribution is -2.30. The van der Waals surface area contributed by atoms with Crippen molar-refractivity contribution < 1.29 is 4.74 Å². The molecule has 5 rings (SSSR count). The Balaban J connectivity index is 1.33. The van der Waals surface area contributed by atoms with Crippen molar-refractivity contribution >= 4 is 0 Å². The Morgan fingerprint density at radius 3 is 2.37 bits per heavy atom. The lowest BCUT2D eigenvalue weighted by atomic mass is 9.68. The molecule has 1 aliphatic rings. The number of rotatable bonds is 8. The third-order valence-corrected chi connectivity index (χ3v) is 7.41. The Morgan fingerprint density at radius 1 is 1.00 bits per heavy atom. The summed E-state index contributed by atoms with van der Waals surface area (Å²) in [4.78, 5) is 9.10. The average molecular weight is 468 g/mol. The molecule has 2 aromatic carbocycles. The zero-order valence-corrected chi connectivity index (χ0v) is 20.7. The number of nitrogens with zero attached hydrogens (tertiary/aromatic N) is 3. The molecule has 180 valence electrons. The van der Waals surface area contributed by atoms with Gasteiger partial charge in [0.25, 0.3) is 0 Å². The fourth-order valence-corrected chi connectivity index (χ4v) is 4.81. The van der Waals surface area contributed by atoms with E-state index in [1.54, 1.807) is 6.20 Å². The highest BCUT2D eigenvalue weighted by atomic mass is 16.5. The Hall–Kier alpha value is -3.51. The highest BCUT2D eigenvalue weighted by Crippen LogP contribution is 2.40. The highest BCUT2D eigenvalue weighted by Gasteiger charge is 2.32. The summed E-state index contributed by atoms with van der Waals surface area (Å²) in [6.07, 6.45) is 2.89. The molecule has 0 bridgehead atoms. The van der Waals surface area contributed by atoms with E-state index < -0.39 is 0 Å². The second-order valence-corrected chi connectivity index (χ2v) is 9.80. The molecule has 0 aliphatic carbocycles. The van der Waals surface area contributed by atoms with Gasteiger partial charge >= 0.3 is 0 Å². The van der Waals surface area contributed by atoms with Crippen molar-refractivity contribution in [3.05, 3.63) is 95.6 Å². The first-order valence-electron chi connectivity index (χ1n) is 12.4. The molecule has 0 amide bonds. The minimum Gasteiger partial charge on any atom is -0.487 e. The molecular weight excluding hydrogens is 434 g/mol. The van der Waals surface area contributed by atoms with Crippen LogP contribution in [0.2, 0.25) is 0 Å². The molecule has 0 saturated carbocycles. The molecule has 1 fully saturated rings. The summed E-state index contributed by atoms with van der Waals surface area (Å²) < 4.78 is 5.95. The van der Waals surface area contributed by atoms with E-state index in [0.717, 1.165) is 48.2 Å². The Kier molecular flexibility index (Phi) is 6.64. The van der Waals surface area contributed by atoms with Crippen LogP contribution in [-0.4, -0.2) is 33.3 Å². The molecule has 4 aromatic rings. The van der Waals surface area contributed by atoms with Crippen LogP contribution in [0.1, 0.15) is 55.8 Å².